The summed E-state index contributed by atoms with van der Waals surface area (Å²) in [4.78, 5) is 13.3. The molecule has 1 saturated heterocycles. The lowest BCUT2D eigenvalue weighted by molar-refractivity contribution is -0.384. The number of furan rings is 1. The minimum atomic E-state index is -0.299. The summed E-state index contributed by atoms with van der Waals surface area (Å²) in [6.45, 7) is 1.78. The summed E-state index contributed by atoms with van der Waals surface area (Å²) in [7, 11) is 0. The summed E-state index contributed by atoms with van der Waals surface area (Å²) in [5, 5.41) is 11.4. The highest BCUT2D eigenvalue weighted by Gasteiger charge is 2.21. The molecule has 0 radical (unpaired) electrons. The molecule has 0 N–H and O–H groups in total. The number of rotatable bonds is 3. The third-order valence-corrected chi connectivity index (χ3v) is 3.92. The molecule has 2 heterocycles. The smallest absolute Gasteiger partial charge is 0.293 e. The van der Waals surface area contributed by atoms with Crippen LogP contribution in [-0.4, -0.2) is 18.0 Å². The zero-order chi connectivity index (χ0) is 14.7. The standard InChI is InChI=1S/C16H18N2O3/c19-18(20)15-12-13(16-6-5-11-21-16)7-8-14(15)17-9-3-1-2-4-10-17/h5-8,11-12H,1-4,9-10H2. The van der Waals surface area contributed by atoms with E-state index in [1.54, 1.807) is 18.4 Å². The fourth-order valence-corrected chi connectivity index (χ4v) is 2.84. The Bertz CT molecular complexity index is 614. The number of nitro groups is 1. The lowest BCUT2D eigenvalue weighted by Crippen LogP contribution is -2.24. The summed E-state index contributed by atoms with van der Waals surface area (Å²) in [5.41, 5.74) is 1.62. The molecule has 110 valence electrons. The third kappa shape index (κ3) is 2.91. The van der Waals surface area contributed by atoms with Crippen molar-refractivity contribution in [1.82, 2.24) is 0 Å². The second kappa shape index (κ2) is 5.99. The van der Waals surface area contributed by atoms with Gasteiger partial charge in [-0.1, -0.05) is 12.8 Å². The molecular formula is C16H18N2O3. The summed E-state index contributed by atoms with van der Waals surface area (Å²) in [6, 6.07) is 8.95. The maximum absolute atomic E-state index is 11.4. The monoisotopic (exact) mass is 286 g/mol. The van der Waals surface area contributed by atoms with Crippen LogP contribution in [0.15, 0.2) is 41.0 Å². The molecule has 0 saturated carbocycles. The van der Waals surface area contributed by atoms with Gasteiger partial charge in [0.1, 0.15) is 11.4 Å². The van der Waals surface area contributed by atoms with Gasteiger partial charge in [-0.05, 0) is 37.1 Å². The van der Waals surface area contributed by atoms with Gasteiger partial charge < -0.3 is 9.32 Å². The Morgan fingerprint density at radius 3 is 2.48 bits per heavy atom. The maximum Gasteiger partial charge on any atom is 0.293 e. The van der Waals surface area contributed by atoms with Crippen LogP contribution in [0.5, 0.6) is 0 Å². The largest absolute Gasteiger partial charge is 0.464 e. The van der Waals surface area contributed by atoms with E-state index >= 15 is 0 Å². The Morgan fingerprint density at radius 2 is 1.86 bits per heavy atom. The first-order chi connectivity index (χ1) is 10.3. The van der Waals surface area contributed by atoms with Gasteiger partial charge in [0.15, 0.2) is 0 Å². The van der Waals surface area contributed by atoms with Crippen molar-refractivity contribution in [1.29, 1.82) is 0 Å². The van der Waals surface area contributed by atoms with Crippen LogP contribution in [0.2, 0.25) is 0 Å². The number of anilines is 1. The van der Waals surface area contributed by atoms with E-state index in [4.69, 9.17) is 4.42 Å². The summed E-state index contributed by atoms with van der Waals surface area (Å²) in [6.07, 6.45) is 6.17. The van der Waals surface area contributed by atoms with Crippen molar-refractivity contribution in [2.75, 3.05) is 18.0 Å². The van der Waals surface area contributed by atoms with Crippen molar-refractivity contribution in [2.24, 2.45) is 0 Å². The molecule has 0 aliphatic carbocycles. The normalized spacial score (nSPS) is 15.7. The Morgan fingerprint density at radius 1 is 1.10 bits per heavy atom. The van der Waals surface area contributed by atoms with Crippen molar-refractivity contribution in [2.45, 2.75) is 25.7 Å². The summed E-state index contributed by atoms with van der Waals surface area (Å²) < 4.78 is 5.32. The van der Waals surface area contributed by atoms with Gasteiger partial charge in [-0.3, -0.25) is 10.1 Å². The Hall–Kier alpha value is -2.30. The van der Waals surface area contributed by atoms with Crippen molar-refractivity contribution in [3.05, 3.63) is 46.7 Å². The molecule has 1 fully saturated rings. The number of benzene rings is 1. The van der Waals surface area contributed by atoms with Crippen LogP contribution in [0.25, 0.3) is 11.3 Å². The van der Waals surface area contributed by atoms with E-state index in [0.717, 1.165) is 37.2 Å². The van der Waals surface area contributed by atoms with Crippen molar-refractivity contribution < 1.29 is 9.34 Å². The predicted molar refractivity (Wildman–Crippen MR) is 81.5 cm³/mol. The van der Waals surface area contributed by atoms with Gasteiger partial charge in [-0.25, -0.2) is 0 Å². The van der Waals surface area contributed by atoms with Crippen LogP contribution in [-0.2, 0) is 0 Å². The molecule has 1 aliphatic rings. The quantitative estimate of drug-likeness (QED) is 0.625. The molecule has 0 bridgehead atoms. The highest BCUT2D eigenvalue weighted by molar-refractivity contribution is 5.72. The second-order valence-electron chi connectivity index (χ2n) is 5.34. The summed E-state index contributed by atoms with van der Waals surface area (Å²) in [5.74, 6) is 0.653. The zero-order valence-corrected chi connectivity index (χ0v) is 11.8. The number of nitrogens with zero attached hydrogens (tertiary/aromatic N) is 2. The minimum Gasteiger partial charge on any atom is -0.464 e. The highest BCUT2D eigenvalue weighted by Crippen LogP contribution is 2.34. The first kappa shape index (κ1) is 13.7. The van der Waals surface area contributed by atoms with Crippen LogP contribution in [0, 0.1) is 10.1 Å². The molecule has 0 amide bonds. The van der Waals surface area contributed by atoms with E-state index in [-0.39, 0.29) is 10.6 Å². The third-order valence-electron chi connectivity index (χ3n) is 3.92. The Balaban J connectivity index is 1.98. The summed E-state index contributed by atoms with van der Waals surface area (Å²) >= 11 is 0. The molecule has 1 aromatic carbocycles. The van der Waals surface area contributed by atoms with Crippen LogP contribution >= 0.6 is 0 Å². The fourth-order valence-electron chi connectivity index (χ4n) is 2.84. The molecule has 21 heavy (non-hydrogen) atoms. The number of hydrogen-bond donors (Lipinski definition) is 0. The van der Waals surface area contributed by atoms with Crippen LogP contribution in [0.3, 0.4) is 0 Å². The van der Waals surface area contributed by atoms with Crippen LogP contribution in [0.1, 0.15) is 25.7 Å². The SMILES string of the molecule is O=[N+]([O-])c1cc(-c2ccco2)ccc1N1CCCCCC1. The van der Waals surface area contributed by atoms with E-state index in [1.165, 1.54) is 12.8 Å². The van der Waals surface area contributed by atoms with E-state index in [1.807, 2.05) is 18.2 Å². The Kier molecular flexibility index (Phi) is 3.90. The van der Waals surface area contributed by atoms with Crippen molar-refractivity contribution >= 4 is 11.4 Å². The minimum absolute atomic E-state index is 0.158. The fraction of sp³-hybridized carbons (Fsp3) is 0.375. The molecule has 1 aromatic heterocycles. The lowest BCUT2D eigenvalue weighted by Gasteiger charge is -2.22. The highest BCUT2D eigenvalue weighted by atomic mass is 16.6. The number of nitro benzene ring substituents is 1. The average molecular weight is 286 g/mol. The molecule has 5 nitrogen and oxygen atoms in total. The molecule has 5 heteroatoms. The molecule has 3 rings (SSSR count). The first-order valence-corrected chi connectivity index (χ1v) is 7.33. The molecule has 0 spiro atoms. The van der Waals surface area contributed by atoms with E-state index < -0.39 is 0 Å². The lowest BCUT2D eigenvalue weighted by atomic mass is 10.1. The van der Waals surface area contributed by atoms with E-state index in [0.29, 0.717) is 5.76 Å². The first-order valence-electron chi connectivity index (χ1n) is 7.33. The van der Waals surface area contributed by atoms with Crippen molar-refractivity contribution in [3.63, 3.8) is 0 Å². The predicted octanol–water partition coefficient (Wildman–Crippen LogP) is 4.24. The molecule has 1 aliphatic heterocycles. The molecule has 2 aromatic rings. The molecular weight excluding hydrogens is 268 g/mol. The van der Waals surface area contributed by atoms with Crippen LogP contribution < -0.4 is 4.90 Å². The van der Waals surface area contributed by atoms with Gasteiger partial charge in [-0.2, -0.15) is 0 Å². The van der Waals surface area contributed by atoms with Gasteiger partial charge in [0.25, 0.3) is 5.69 Å². The van der Waals surface area contributed by atoms with Gasteiger partial charge in [0, 0.05) is 24.7 Å². The van der Waals surface area contributed by atoms with Gasteiger partial charge >= 0.3 is 0 Å². The maximum atomic E-state index is 11.4. The topological polar surface area (TPSA) is 59.5 Å². The second-order valence-corrected chi connectivity index (χ2v) is 5.34. The van der Waals surface area contributed by atoms with Gasteiger partial charge in [-0.15, -0.1) is 0 Å². The Labute approximate surface area is 123 Å². The molecule has 0 atom stereocenters. The van der Waals surface area contributed by atoms with E-state index in [2.05, 4.69) is 4.90 Å². The van der Waals surface area contributed by atoms with Gasteiger partial charge in [0.05, 0.1) is 11.2 Å². The number of hydrogen-bond acceptors (Lipinski definition) is 4. The van der Waals surface area contributed by atoms with Gasteiger partial charge in [0.2, 0.25) is 0 Å². The zero-order valence-electron chi connectivity index (χ0n) is 11.8. The van der Waals surface area contributed by atoms with Crippen LogP contribution in [0.4, 0.5) is 11.4 Å². The molecule has 0 unspecified atom stereocenters. The van der Waals surface area contributed by atoms with Crippen molar-refractivity contribution in [3.8, 4) is 11.3 Å². The average Bonchev–Trinajstić information content (AvgIpc) is 2.89. The van der Waals surface area contributed by atoms with E-state index in [9.17, 15) is 10.1 Å².